The van der Waals surface area contributed by atoms with Crippen LogP contribution < -0.4 is 16.0 Å². The number of nitrogens with zero attached hydrogens (tertiary/aromatic N) is 1. The number of amides is 2. The quantitative estimate of drug-likeness (QED) is 0.382. The summed E-state index contributed by atoms with van der Waals surface area (Å²) in [4.78, 5) is 31.6. The molecular weight excluding hydrogens is 524 g/mol. The first-order chi connectivity index (χ1) is 16.7. The minimum absolute atomic E-state index is 0.113. The molecule has 4 rings (SSSR count). The smallest absolute Gasteiger partial charge is 0.280 e. The Morgan fingerprint density at radius 2 is 1.94 bits per heavy atom. The van der Waals surface area contributed by atoms with Crippen LogP contribution in [0, 0.1) is 11.3 Å². The Hall–Kier alpha value is -2.55. The van der Waals surface area contributed by atoms with Crippen LogP contribution in [-0.4, -0.2) is 23.3 Å². The second-order valence-corrected chi connectivity index (χ2v) is 12.1. The normalized spacial score (nSPS) is 15.4. The molecule has 2 heterocycles. The van der Waals surface area contributed by atoms with Crippen molar-refractivity contribution in [3.63, 3.8) is 0 Å². The topological polar surface area (TPSA) is 87.7 Å². The molecule has 8 heteroatoms. The highest BCUT2D eigenvalue weighted by Gasteiger charge is 2.34. The molecule has 1 atom stereocenters. The lowest BCUT2D eigenvalue weighted by molar-refractivity contribution is -0.659. The molecule has 6 nitrogen and oxygen atoms in total. The number of hydrogen-bond acceptors (Lipinski definition) is 4. The van der Waals surface area contributed by atoms with Crippen LogP contribution in [0.5, 0.6) is 0 Å². The maximum atomic E-state index is 13.4. The molecule has 2 amide bonds. The lowest BCUT2D eigenvalue weighted by Gasteiger charge is -2.33. The van der Waals surface area contributed by atoms with Crippen LogP contribution in [0.1, 0.15) is 53.6 Å². The Kier molecular flexibility index (Phi) is 8.04. The van der Waals surface area contributed by atoms with Gasteiger partial charge in [0.2, 0.25) is 0 Å². The number of thiophene rings is 1. The average Bonchev–Trinajstić information content (AvgIpc) is 3.17. The maximum Gasteiger partial charge on any atom is 0.280 e. The first kappa shape index (κ1) is 25.5. The van der Waals surface area contributed by atoms with Crippen LogP contribution >= 0.6 is 27.3 Å². The Morgan fingerprint density at radius 3 is 2.63 bits per heavy atom. The number of benzene rings is 1. The zero-order chi connectivity index (χ0) is 25.0. The van der Waals surface area contributed by atoms with E-state index in [0.29, 0.717) is 23.0 Å². The minimum atomic E-state index is -0.173. The van der Waals surface area contributed by atoms with E-state index >= 15 is 0 Å². The van der Waals surface area contributed by atoms with Gasteiger partial charge >= 0.3 is 0 Å². The van der Waals surface area contributed by atoms with Crippen LogP contribution in [0.2, 0.25) is 0 Å². The number of carbonyl (C=O) groups excluding carboxylic acids is 2. The standard InChI is InChI=1S/C27H31BrN4O2S/c1-27(2,3)18-6-11-21-22(13-18)35-26(24(21)25(34)31-20-9-7-19(28)8-10-20)32-23(33)16-30-15-17-5-4-12-29-14-17/h4-5,7-10,12,14,18,30H,6,11,13,15-16H2,1-3H3,(H,31,34)(H,32,33)/p+1/t18-/m0/s1. The SMILES string of the molecule is CC(C)(C)[C@H]1CCc2c(sc(NC(=O)C[NH2+]Cc3cccnc3)c2C(=O)Nc2ccc(Br)cc2)C1. The van der Waals surface area contributed by atoms with Gasteiger partial charge in [-0.1, -0.05) is 42.8 Å². The Morgan fingerprint density at radius 1 is 1.17 bits per heavy atom. The summed E-state index contributed by atoms with van der Waals surface area (Å²) in [5, 5.41) is 8.66. The van der Waals surface area contributed by atoms with Crippen molar-refractivity contribution in [3.8, 4) is 0 Å². The fraction of sp³-hybridized carbons (Fsp3) is 0.370. The summed E-state index contributed by atoms with van der Waals surface area (Å²) in [6.45, 7) is 7.77. The molecule has 1 aliphatic carbocycles. The number of rotatable bonds is 7. The lowest BCUT2D eigenvalue weighted by Crippen LogP contribution is -2.84. The highest BCUT2D eigenvalue weighted by Crippen LogP contribution is 2.44. The number of fused-ring (bicyclic) bond motifs is 1. The monoisotopic (exact) mass is 555 g/mol. The molecule has 0 saturated carbocycles. The van der Waals surface area contributed by atoms with Gasteiger partial charge in [0.25, 0.3) is 11.8 Å². The van der Waals surface area contributed by atoms with Crippen LogP contribution in [-0.2, 0) is 24.2 Å². The molecule has 0 unspecified atom stereocenters. The second-order valence-electron chi connectivity index (χ2n) is 10.1. The Bertz CT molecular complexity index is 1190. The van der Waals surface area contributed by atoms with Gasteiger partial charge in [0.1, 0.15) is 11.5 Å². The van der Waals surface area contributed by atoms with Crippen molar-refractivity contribution in [2.24, 2.45) is 11.3 Å². The molecule has 184 valence electrons. The summed E-state index contributed by atoms with van der Waals surface area (Å²) in [7, 11) is 0. The van der Waals surface area contributed by atoms with Gasteiger partial charge < -0.3 is 16.0 Å². The number of pyridine rings is 1. The van der Waals surface area contributed by atoms with E-state index in [1.54, 1.807) is 23.7 Å². The molecule has 0 aliphatic heterocycles. The number of nitrogens with two attached hydrogens (primary N) is 1. The molecule has 35 heavy (non-hydrogen) atoms. The van der Waals surface area contributed by atoms with E-state index in [9.17, 15) is 9.59 Å². The van der Waals surface area contributed by atoms with E-state index in [1.165, 1.54) is 4.88 Å². The fourth-order valence-electron chi connectivity index (χ4n) is 4.45. The van der Waals surface area contributed by atoms with Crippen molar-refractivity contribution in [1.29, 1.82) is 0 Å². The molecule has 0 spiro atoms. The highest BCUT2D eigenvalue weighted by molar-refractivity contribution is 9.10. The third-order valence-corrected chi connectivity index (χ3v) is 8.20. The van der Waals surface area contributed by atoms with Crippen LogP contribution in [0.3, 0.4) is 0 Å². The van der Waals surface area contributed by atoms with Gasteiger partial charge in [0.15, 0.2) is 6.54 Å². The van der Waals surface area contributed by atoms with Gasteiger partial charge in [-0.05, 0) is 66.5 Å². The Labute approximate surface area is 219 Å². The molecule has 1 aromatic carbocycles. The number of halogens is 1. The molecule has 2 aromatic heterocycles. The summed E-state index contributed by atoms with van der Waals surface area (Å²) < 4.78 is 0.951. The number of carbonyl (C=O) groups is 2. The number of nitrogens with one attached hydrogen (secondary N) is 2. The van der Waals surface area contributed by atoms with Gasteiger partial charge in [-0.3, -0.25) is 14.6 Å². The van der Waals surface area contributed by atoms with Crippen molar-refractivity contribution in [2.75, 3.05) is 17.2 Å². The van der Waals surface area contributed by atoms with Crippen LogP contribution in [0.15, 0.2) is 53.3 Å². The molecule has 4 N–H and O–H groups in total. The van der Waals surface area contributed by atoms with E-state index in [1.807, 2.05) is 41.7 Å². The van der Waals surface area contributed by atoms with Gasteiger partial charge in [0, 0.05) is 33.0 Å². The lowest BCUT2D eigenvalue weighted by atomic mass is 9.72. The molecular formula is C27H32BrN4O2S+. The zero-order valence-corrected chi connectivity index (χ0v) is 22.8. The highest BCUT2D eigenvalue weighted by atomic mass is 79.9. The van der Waals surface area contributed by atoms with E-state index in [4.69, 9.17) is 0 Å². The van der Waals surface area contributed by atoms with E-state index < -0.39 is 0 Å². The van der Waals surface area contributed by atoms with Gasteiger partial charge in [-0.2, -0.15) is 0 Å². The minimum Gasteiger partial charge on any atom is -0.335 e. The summed E-state index contributed by atoms with van der Waals surface area (Å²) in [5.41, 5.74) is 3.69. The van der Waals surface area contributed by atoms with Gasteiger partial charge in [0.05, 0.1) is 5.56 Å². The predicted molar refractivity (Wildman–Crippen MR) is 145 cm³/mol. The first-order valence-corrected chi connectivity index (χ1v) is 13.5. The fourth-order valence-corrected chi connectivity index (χ4v) is 6.05. The zero-order valence-electron chi connectivity index (χ0n) is 20.4. The van der Waals surface area contributed by atoms with Crippen molar-refractivity contribution >= 4 is 49.8 Å². The molecule has 0 fully saturated rings. The number of hydrogen-bond donors (Lipinski definition) is 3. The summed E-state index contributed by atoms with van der Waals surface area (Å²) in [5.74, 6) is 0.263. The molecule has 1 aliphatic rings. The van der Waals surface area contributed by atoms with Crippen LogP contribution in [0.4, 0.5) is 10.7 Å². The van der Waals surface area contributed by atoms with Crippen molar-refractivity contribution in [1.82, 2.24) is 4.98 Å². The van der Waals surface area contributed by atoms with Crippen molar-refractivity contribution < 1.29 is 14.9 Å². The van der Waals surface area contributed by atoms with E-state index in [0.717, 1.165) is 40.5 Å². The second kappa shape index (κ2) is 11.0. The first-order valence-electron chi connectivity index (χ1n) is 11.9. The summed E-state index contributed by atoms with van der Waals surface area (Å²) in [6, 6.07) is 11.4. The number of anilines is 2. The van der Waals surface area contributed by atoms with E-state index in [-0.39, 0.29) is 23.8 Å². The molecule has 3 aromatic rings. The third-order valence-electron chi connectivity index (χ3n) is 6.50. The van der Waals surface area contributed by atoms with Crippen molar-refractivity contribution in [3.05, 3.63) is 74.8 Å². The Balaban J connectivity index is 1.52. The van der Waals surface area contributed by atoms with Crippen molar-refractivity contribution in [2.45, 2.75) is 46.6 Å². The summed E-state index contributed by atoms with van der Waals surface area (Å²) in [6.07, 6.45) is 6.36. The molecule has 0 saturated heterocycles. The number of quaternary nitrogens is 1. The van der Waals surface area contributed by atoms with E-state index in [2.05, 4.69) is 52.3 Å². The average molecular weight is 557 g/mol. The van der Waals surface area contributed by atoms with Crippen LogP contribution in [0.25, 0.3) is 0 Å². The molecule has 0 radical (unpaired) electrons. The molecule has 0 bridgehead atoms. The van der Waals surface area contributed by atoms with Gasteiger partial charge in [-0.15, -0.1) is 11.3 Å². The number of aromatic nitrogens is 1. The largest absolute Gasteiger partial charge is 0.335 e. The predicted octanol–water partition coefficient (Wildman–Crippen LogP) is 5.01. The maximum absolute atomic E-state index is 13.4. The summed E-state index contributed by atoms with van der Waals surface area (Å²) >= 11 is 4.99. The third kappa shape index (κ3) is 6.57. The van der Waals surface area contributed by atoms with Gasteiger partial charge in [-0.25, -0.2) is 0 Å².